The highest BCUT2D eigenvalue weighted by Crippen LogP contribution is 2.18. The lowest BCUT2D eigenvalue weighted by molar-refractivity contribution is -0.143. The Kier molecular flexibility index (Phi) is 59.9. The van der Waals surface area contributed by atoms with E-state index in [2.05, 4.69) is 31.3 Å². The quantitative estimate of drug-likeness (QED) is 0.0320. The molecule has 422 valence electrons. The Bertz CT molecular complexity index is 1060. The number of rotatable bonds is 61. The first-order chi connectivity index (χ1) is 35.0. The van der Waals surface area contributed by atoms with Crippen molar-refractivity contribution in [3.05, 3.63) is 12.2 Å². The van der Waals surface area contributed by atoms with Gasteiger partial charge in [-0.3, -0.25) is 9.59 Å². The van der Waals surface area contributed by atoms with Crippen molar-refractivity contribution in [1.29, 1.82) is 0 Å². The maximum absolute atomic E-state index is 12.5. The minimum atomic E-state index is -0.667. The van der Waals surface area contributed by atoms with Crippen molar-refractivity contribution in [2.24, 2.45) is 0 Å². The molecule has 0 aliphatic heterocycles. The van der Waals surface area contributed by atoms with Crippen LogP contribution in [0, 0.1) is 0 Å². The van der Waals surface area contributed by atoms with Crippen molar-refractivity contribution in [2.75, 3.05) is 13.2 Å². The van der Waals surface area contributed by atoms with Crippen LogP contribution in [-0.2, 0) is 14.3 Å². The van der Waals surface area contributed by atoms with Gasteiger partial charge in [0.1, 0.15) is 0 Å². The van der Waals surface area contributed by atoms with Crippen LogP contribution in [0.4, 0.5) is 0 Å². The van der Waals surface area contributed by atoms with Crippen LogP contribution in [0.1, 0.15) is 367 Å². The summed E-state index contributed by atoms with van der Waals surface area (Å²) in [5.41, 5.74) is 0. The molecule has 0 saturated carbocycles. The monoisotopic (exact) mass is 1000 g/mol. The molecule has 0 aromatic heterocycles. The van der Waals surface area contributed by atoms with E-state index in [-0.39, 0.29) is 18.5 Å². The molecule has 0 radical (unpaired) electrons. The molecule has 71 heavy (non-hydrogen) atoms. The Balaban J connectivity index is 3.40. The zero-order valence-electron chi connectivity index (χ0n) is 48.2. The first kappa shape index (κ1) is 69.6. The largest absolute Gasteiger partial charge is 0.466 e. The lowest BCUT2D eigenvalue weighted by Crippen LogP contribution is -2.45. The van der Waals surface area contributed by atoms with E-state index in [0.29, 0.717) is 25.9 Å². The van der Waals surface area contributed by atoms with Crippen LogP contribution in [0.3, 0.4) is 0 Å². The number of unbranched alkanes of at least 4 members (excludes halogenated alkanes) is 48. The van der Waals surface area contributed by atoms with Crippen LogP contribution in [0.25, 0.3) is 0 Å². The third kappa shape index (κ3) is 57.7. The van der Waals surface area contributed by atoms with Gasteiger partial charge in [0, 0.05) is 12.8 Å². The van der Waals surface area contributed by atoms with Gasteiger partial charge in [-0.05, 0) is 51.4 Å². The molecule has 1 amide bonds. The molecule has 0 spiro atoms. The number of aliphatic hydroxyl groups excluding tert-OH is 2. The first-order valence-electron chi connectivity index (χ1n) is 32.4. The minimum absolute atomic E-state index is 0.00161. The molecule has 0 aromatic carbocycles. The Morgan fingerprint density at radius 1 is 0.380 bits per heavy atom. The summed E-state index contributed by atoms with van der Waals surface area (Å²) in [7, 11) is 0. The molecule has 0 rings (SSSR count). The summed E-state index contributed by atoms with van der Waals surface area (Å²) in [5, 5.41) is 23.4. The number of allylic oxidation sites excluding steroid dienone is 2. The number of amides is 1. The molecule has 0 fully saturated rings. The van der Waals surface area contributed by atoms with Crippen LogP contribution < -0.4 is 5.32 Å². The lowest BCUT2D eigenvalue weighted by atomic mass is 10.0. The SMILES string of the molecule is CCCCCCC/C=C\CCCCCCCC(=O)OCCCCCCCCCCCCCCCCCCCCCC(=O)NC(CO)C(O)CCCCCCCCCCCCCCCCCCCCCCC. The van der Waals surface area contributed by atoms with E-state index in [0.717, 1.165) is 44.9 Å². The second-order valence-electron chi connectivity index (χ2n) is 22.5. The van der Waals surface area contributed by atoms with Crippen LogP contribution in [0.15, 0.2) is 12.2 Å². The molecule has 0 saturated heterocycles. The lowest BCUT2D eigenvalue weighted by Gasteiger charge is -2.22. The number of hydrogen-bond donors (Lipinski definition) is 3. The smallest absolute Gasteiger partial charge is 0.305 e. The first-order valence-corrected chi connectivity index (χ1v) is 32.4. The molecule has 0 aliphatic rings. The fraction of sp³-hybridized carbons (Fsp3) is 0.938. The number of esters is 1. The standard InChI is InChI=1S/C65H127NO5/c1-3-5-7-9-11-13-15-17-19-20-21-22-24-27-30-33-37-41-45-49-53-57-63(68)62(61-67)66-64(69)58-54-50-46-42-38-34-31-28-25-23-26-29-32-36-40-44-48-52-56-60-71-65(70)59-55-51-47-43-39-35-18-16-14-12-10-8-6-4-2/h16,18,62-63,67-68H,3-15,17,19-61H2,1-2H3,(H,66,69)/b18-16-. The van der Waals surface area contributed by atoms with Gasteiger partial charge in [-0.1, -0.05) is 315 Å². The number of ether oxygens (including phenoxy) is 1. The second kappa shape index (κ2) is 61.1. The van der Waals surface area contributed by atoms with E-state index >= 15 is 0 Å². The summed E-state index contributed by atoms with van der Waals surface area (Å²) in [4.78, 5) is 24.6. The second-order valence-corrected chi connectivity index (χ2v) is 22.5. The summed E-state index contributed by atoms with van der Waals surface area (Å²) < 4.78 is 5.48. The molecule has 0 aliphatic carbocycles. The highest BCUT2D eigenvalue weighted by Gasteiger charge is 2.20. The van der Waals surface area contributed by atoms with Crippen molar-refractivity contribution >= 4 is 11.9 Å². The predicted molar refractivity (Wildman–Crippen MR) is 310 cm³/mol. The van der Waals surface area contributed by atoms with Crippen LogP contribution in [0.5, 0.6) is 0 Å². The van der Waals surface area contributed by atoms with Gasteiger partial charge in [-0.15, -0.1) is 0 Å². The van der Waals surface area contributed by atoms with Gasteiger partial charge in [0.05, 0.1) is 25.4 Å². The summed E-state index contributed by atoms with van der Waals surface area (Å²) in [6.45, 7) is 4.97. The Labute approximate surface area is 444 Å². The number of hydrogen-bond acceptors (Lipinski definition) is 5. The molecule has 0 aromatic rings. The van der Waals surface area contributed by atoms with Crippen molar-refractivity contribution in [2.45, 2.75) is 379 Å². The molecule has 2 atom stereocenters. The highest BCUT2D eigenvalue weighted by molar-refractivity contribution is 5.76. The maximum Gasteiger partial charge on any atom is 0.305 e. The van der Waals surface area contributed by atoms with E-state index < -0.39 is 12.1 Å². The number of carbonyl (C=O) groups is 2. The van der Waals surface area contributed by atoms with E-state index in [1.807, 2.05) is 0 Å². The third-order valence-electron chi connectivity index (χ3n) is 15.3. The Hall–Kier alpha value is -1.40. The van der Waals surface area contributed by atoms with Gasteiger partial charge in [-0.25, -0.2) is 0 Å². The van der Waals surface area contributed by atoms with Crippen LogP contribution in [0.2, 0.25) is 0 Å². The van der Waals surface area contributed by atoms with E-state index in [4.69, 9.17) is 4.74 Å². The maximum atomic E-state index is 12.5. The fourth-order valence-corrected chi connectivity index (χ4v) is 10.3. The number of carbonyl (C=O) groups excluding carboxylic acids is 2. The minimum Gasteiger partial charge on any atom is -0.466 e. The molecule has 2 unspecified atom stereocenters. The zero-order valence-corrected chi connectivity index (χ0v) is 48.2. The van der Waals surface area contributed by atoms with Gasteiger partial charge >= 0.3 is 5.97 Å². The van der Waals surface area contributed by atoms with Crippen molar-refractivity contribution in [1.82, 2.24) is 5.32 Å². The van der Waals surface area contributed by atoms with Gasteiger partial charge < -0.3 is 20.3 Å². The molecule has 0 bridgehead atoms. The molecule has 3 N–H and O–H groups in total. The van der Waals surface area contributed by atoms with Crippen LogP contribution in [-0.4, -0.2) is 47.4 Å². The molecular weight excluding hydrogens is 875 g/mol. The third-order valence-corrected chi connectivity index (χ3v) is 15.3. The van der Waals surface area contributed by atoms with Gasteiger partial charge in [0.15, 0.2) is 0 Å². The Morgan fingerprint density at radius 2 is 0.662 bits per heavy atom. The summed E-state index contributed by atoms with van der Waals surface area (Å²) in [6, 6.07) is -0.544. The van der Waals surface area contributed by atoms with Crippen LogP contribution >= 0.6 is 0 Å². The van der Waals surface area contributed by atoms with Gasteiger partial charge in [0.25, 0.3) is 0 Å². The predicted octanol–water partition coefficient (Wildman–Crippen LogP) is 20.4. The number of aliphatic hydroxyl groups is 2. The average Bonchev–Trinajstić information content (AvgIpc) is 3.37. The fourth-order valence-electron chi connectivity index (χ4n) is 10.3. The molecule has 6 nitrogen and oxygen atoms in total. The normalized spacial score (nSPS) is 12.6. The summed E-state index contributed by atoms with van der Waals surface area (Å²) in [5.74, 6) is -0.0321. The molecule has 0 heterocycles. The topological polar surface area (TPSA) is 95.9 Å². The van der Waals surface area contributed by atoms with Gasteiger partial charge in [0.2, 0.25) is 5.91 Å². The Morgan fingerprint density at radius 3 is 1.00 bits per heavy atom. The van der Waals surface area contributed by atoms with E-state index in [1.54, 1.807) is 0 Å². The summed E-state index contributed by atoms with van der Waals surface area (Å²) in [6.07, 6.45) is 73.7. The highest BCUT2D eigenvalue weighted by atomic mass is 16.5. The average molecular weight is 1000 g/mol. The summed E-state index contributed by atoms with van der Waals surface area (Å²) >= 11 is 0. The number of nitrogens with one attached hydrogen (secondary N) is 1. The van der Waals surface area contributed by atoms with E-state index in [9.17, 15) is 19.8 Å². The van der Waals surface area contributed by atoms with Crippen molar-refractivity contribution < 1.29 is 24.5 Å². The zero-order chi connectivity index (χ0) is 51.4. The van der Waals surface area contributed by atoms with Gasteiger partial charge in [-0.2, -0.15) is 0 Å². The van der Waals surface area contributed by atoms with Crippen molar-refractivity contribution in [3.8, 4) is 0 Å². The van der Waals surface area contributed by atoms with Crippen molar-refractivity contribution in [3.63, 3.8) is 0 Å². The van der Waals surface area contributed by atoms with E-state index in [1.165, 1.54) is 289 Å². The molecular formula is C65H127NO5. The molecule has 6 heteroatoms.